The van der Waals surface area contributed by atoms with E-state index in [9.17, 15) is 4.79 Å². The van der Waals surface area contributed by atoms with E-state index < -0.39 is 5.97 Å². The van der Waals surface area contributed by atoms with Crippen molar-refractivity contribution in [3.8, 4) is 0 Å². The quantitative estimate of drug-likeness (QED) is 0.850. The summed E-state index contributed by atoms with van der Waals surface area (Å²) in [7, 11) is 0. The monoisotopic (exact) mass is 308 g/mol. The van der Waals surface area contributed by atoms with Crippen LogP contribution in [0.1, 0.15) is 5.56 Å². The van der Waals surface area contributed by atoms with E-state index in [-0.39, 0.29) is 0 Å². The van der Waals surface area contributed by atoms with Crippen LogP contribution in [-0.2, 0) is 4.79 Å². The van der Waals surface area contributed by atoms with Crippen LogP contribution in [0, 0.1) is 0 Å². The van der Waals surface area contributed by atoms with Crippen LogP contribution < -0.4 is 0 Å². The minimum absolute atomic E-state index is 0.617. The number of rotatable bonds is 2. The Labute approximate surface area is 131 Å². The van der Waals surface area contributed by atoms with Gasteiger partial charge in [0, 0.05) is 6.08 Å². The SMILES string of the molecule is C=CC(=O)O.[Cs][CH]=Cc1ccccc1. The fraction of sp³-hybridized carbons (Fsp3) is 0. The first-order valence-electron chi connectivity index (χ1n) is 4.23. The number of aliphatic carboxylic acids is 1. The van der Waals surface area contributed by atoms with Gasteiger partial charge in [-0.1, -0.05) is 6.58 Å². The maximum absolute atomic E-state index is 9.25. The van der Waals surface area contributed by atoms with E-state index in [0.717, 1.165) is 6.08 Å². The molecular formula is C11H11CsO2. The third kappa shape index (κ3) is 8.80. The van der Waals surface area contributed by atoms with Gasteiger partial charge in [-0.05, 0) is 0 Å². The molecule has 0 aliphatic heterocycles. The topological polar surface area (TPSA) is 37.3 Å². The fourth-order valence-electron chi connectivity index (χ4n) is 0.757. The van der Waals surface area contributed by atoms with Gasteiger partial charge in [-0.2, -0.15) is 0 Å². The molecule has 1 aromatic carbocycles. The maximum atomic E-state index is 9.25. The van der Waals surface area contributed by atoms with Crippen LogP contribution in [0.2, 0.25) is 0 Å². The minimum atomic E-state index is -0.981. The van der Waals surface area contributed by atoms with E-state index in [1.165, 1.54) is 5.56 Å². The van der Waals surface area contributed by atoms with Crippen LogP contribution in [0.25, 0.3) is 6.08 Å². The molecule has 0 atom stereocenters. The number of hydrogen-bond acceptors (Lipinski definition) is 1. The number of carbonyl (C=O) groups is 1. The molecule has 1 aromatic rings. The molecule has 0 radical (unpaired) electrons. The third-order valence-corrected chi connectivity index (χ3v) is 2.38. The van der Waals surface area contributed by atoms with Crippen LogP contribution in [-0.4, -0.2) is 77.0 Å². The molecule has 0 bridgehead atoms. The van der Waals surface area contributed by atoms with Crippen LogP contribution >= 0.6 is 0 Å². The molecular weight excluding hydrogens is 297 g/mol. The predicted octanol–water partition coefficient (Wildman–Crippen LogP) is 2.08. The Balaban J connectivity index is 0.000000292. The van der Waals surface area contributed by atoms with Gasteiger partial charge in [-0.3, -0.25) is 0 Å². The summed E-state index contributed by atoms with van der Waals surface area (Å²) in [5.74, 6) is -0.981. The summed E-state index contributed by atoms with van der Waals surface area (Å²) in [4.78, 5) is 9.25. The Kier molecular flexibility index (Phi) is 9.92. The molecule has 0 spiro atoms. The van der Waals surface area contributed by atoms with Gasteiger partial charge in [0.2, 0.25) is 0 Å². The average Bonchev–Trinajstić information content (AvgIpc) is 2.21. The Bertz CT molecular complexity index is 304. The van der Waals surface area contributed by atoms with E-state index in [1.54, 1.807) is 0 Å². The summed E-state index contributed by atoms with van der Waals surface area (Å²) in [6.45, 7) is 2.96. The van der Waals surface area contributed by atoms with Crippen LogP contribution in [0.5, 0.6) is 0 Å². The van der Waals surface area contributed by atoms with Gasteiger partial charge in [0.15, 0.2) is 0 Å². The van der Waals surface area contributed by atoms with Gasteiger partial charge in [0.1, 0.15) is 0 Å². The summed E-state index contributed by atoms with van der Waals surface area (Å²) < 4.78 is 2.26. The van der Waals surface area contributed by atoms with Crippen molar-refractivity contribution in [1.29, 1.82) is 0 Å². The molecule has 0 saturated heterocycles. The van der Waals surface area contributed by atoms with Crippen LogP contribution in [0.15, 0.2) is 40.5 Å². The summed E-state index contributed by atoms with van der Waals surface area (Å²) in [5, 5.41) is 7.60. The van der Waals surface area contributed by atoms with E-state index >= 15 is 0 Å². The predicted molar refractivity (Wildman–Crippen MR) is 59.1 cm³/mol. The second-order valence-corrected chi connectivity index (χ2v) is 4.55. The molecule has 0 amide bonds. The number of benzene rings is 1. The van der Waals surface area contributed by atoms with Gasteiger partial charge < -0.3 is 5.11 Å². The van der Waals surface area contributed by atoms with Crippen molar-refractivity contribution in [2.45, 2.75) is 0 Å². The zero-order chi connectivity index (χ0) is 10.8. The molecule has 0 fully saturated rings. The Morgan fingerprint density at radius 1 is 1.36 bits per heavy atom. The molecule has 1 N–H and O–H groups in total. The summed E-state index contributed by atoms with van der Waals surface area (Å²) in [6, 6.07) is 10.4. The summed E-state index contributed by atoms with van der Waals surface area (Å²) in [6.07, 6.45) is 3.02. The zero-order valence-electron chi connectivity index (χ0n) is 8.18. The Morgan fingerprint density at radius 2 is 1.86 bits per heavy atom. The molecule has 0 aromatic heterocycles. The van der Waals surface area contributed by atoms with Crippen molar-refractivity contribution in [2.24, 2.45) is 0 Å². The second kappa shape index (κ2) is 9.76. The van der Waals surface area contributed by atoms with E-state index in [2.05, 4.69) is 34.4 Å². The van der Waals surface area contributed by atoms with Crippen molar-refractivity contribution >= 4 is 78.0 Å². The molecule has 14 heavy (non-hydrogen) atoms. The number of carboxylic acids is 1. The molecule has 0 saturated carbocycles. The molecule has 0 heterocycles. The van der Waals surface area contributed by atoms with Crippen molar-refractivity contribution < 1.29 is 9.90 Å². The van der Waals surface area contributed by atoms with Crippen molar-refractivity contribution in [1.82, 2.24) is 0 Å². The number of carboxylic acid groups (broad SMARTS) is 1. The van der Waals surface area contributed by atoms with E-state index in [0.29, 0.717) is 65.9 Å². The van der Waals surface area contributed by atoms with Crippen molar-refractivity contribution in [2.75, 3.05) is 0 Å². The molecule has 0 aliphatic carbocycles. The van der Waals surface area contributed by atoms with E-state index in [4.69, 9.17) is 5.11 Å². The first kappa shape index (κ1) is 14.2. The first-order valence-corrected chi connectivity index (χ1v) is 7.86. The van der Waals surface area contributed by atoms with Gasteiger partial charge in [0.05, 0.1) is 0 Å². The Morgan fingerprint density at radius 3 is 2.21 bits per heavy atom. The fourth-order valence-corrected chi connectivity index (χ4v) is 1.97. The van der Waals surface area contributed by atoms with Crippen LogP contribution in [0.4, 0.5) is 0 Å². The van der Waals surface area contributed by atoms with Crippen LogP contribution in [0.3, 0.4) is 0 Å². The molecule has 0 unspecified atom stereocenters. The van der Waals surface area contributed by atoms with Gasteiger partial charge in [-0.25, -0.2) is 4.79 Å². The Hall–Kier alpha value is 0.222. The van der Waals surface area contributed by atoms with Crippen molar-refractivity contribution in [3.63, 3.8) is 0 Å². The zero-order valence-corrected chi connectivity index (χ0v) is 14.5. The number of hydrogen-bond donors (Lipinski definition) is 1. The first-order chi connectivity index (χ1) is 6.70. The van der Waals surface area contributed by atoms with Gasteiger partial charge >= 0.3 is 111 Å². The van der Waals surface area contributed by atoms with E-state index in [1.807, 2.05) is 6.07 Å². The molecule has 3 heteroatoms. The molecule has 1 rings (SSSR count). The van der Waals surface area contributed by atoms with Gasteiger partial charge in [0.25, 0.3) is 0 Å². The summed E-state index contributed by atoms with van der Waals surface area (Å²) >= 11 is 0.617. The van der Waals surface area contributed by atoms with Crippen molar-refractivity contribution in [3.05, 3.63) is 46.1 Å². The average molecular weight is 308 g/mol. The molecule has 2 nitrogen and oxygen atoms in total. The third-order valence-electron chi connectivity index (χ3n) is 1.33. The van der Waals surface area contributed by atoms with Gasteiger partial charge in [-0.15, -0.1) is 0 Å². The second-order valence-electron chi connectivity index (χ2n) is 2.45. The molecule has 0 aliphatic rings. The standard InChI is InChI=1S/C8H7.C3H4O2.Cs/c1-2-8-6-4-3-5-7-8;1-2-3(4)5;/h1-7H;2H,1H2,(H,4,5);. The summed E-state index contributed by atoms with van der Waals surface area (Å²) in [5.41, 5.74) is 1.32. The molecule has 68 valence electrons. The normalized spacial score (nSPS) is 9.00.